The van der Waals surface area contributed by atoms with E-state index in [9.17, 15) is 13.2 Å². The van der Waals surface area contributed by atoms with Crippen molar-refractivity contribution in [2.75, 3.05) is 12.8 Å². The van der Waals surface area contributed by atoms with Gasteiger partial charge in [0.1, 0.15) is 0 Å². The Bertz CT molecular complexity index is 323. The van der Waals surface area contributed by atoms with Gasteiger partial charge in [-0.1, -0.05) is 19.9 Å². The third-order valence-corrected chi connectivity index (χ3v) is 2.90. The second-order valence-electron chi connectivity index (χ2n) is 3.34. The summed E-state index contributed by atoms with van der Waals surface area (Å²) in [7, 11) is -2.56. The zero-order valence-electron chi connectivity index (χ0n) is 9.01. The van der Waals surface area contributed by atoms with E-state index in [0.29, 0.717) is 6.42 Å². The van der Waals surface area contributed by atoms with Crippen molar-refractivity contribution in [1.29, 1.82) is 0 Å². The predicted molar refractivity (Wildman–Crippen MR) is 58.1 cm³/mol. The minimum atomic E-state index is -4.06. The summed E-state index contributed by atoms with van der Waals surface area (Å²) < 4.78 is 30.2. The van der Waals surface area contributed by atoms with Gasteiger partial charge in [-0.2, -0.15) is 8.42 Å². The molecule has 0 aromatic rings. The van der Waals surface area contributed by atoms with E-state index >= 15 is 0 Å². The average Bonchev–Trinajstić information content (AvgIpc) is 2.13. The number of hydrogen-bond acceptors (Lipinski definition) is 3. The van der Waals surface area contributed by atoms with E-state index in [1.54, 1.807) is 0 Å². The number of rotatable bonds is 6. The topological polar surface area (TPSA) is 74.7 Å². The molecule has 5 nitrogen and oxygen atoms in total. The van der Waals surface area contributed by atoms with Crippen LogP contribution in [-0.2, 0) is 14.9 Å². The highest BCUT2D eigenvalue weighted by molar-refractivity contribution is 7.85. The smallest absolute Gasteiger partial charge is 0.266 e. The molecule has 0 aromatic heterocycles. The number of carbonyl (C=O) groups is 1. The first-order valence-electron chi connectivity index (χ1n) is 4.66. The molecule has 0 spiro atoms. The zero-order chi connectivity index (χ0) is 12.1. The van der Waals surface area contributed by atoms with Gasteiger partial charge in [0.2, 0.25) is 5.91 Å². The van der Waals surface area contributed by atoms with Gasteiger partial charge in [0, 0.05) is 13.1 Å². The van der Waals surface area contributed by atoms with Crippen LogP contribution in [0.5, 0.6) is 0 Å². The van der Waals surface area contributed by atoms with Gasteiger partial charge in [0.25, 0.3) is 10.1 Å². The summed E-state index contributed by atoms with van der Waals surface area (Å²) >= 11 is 0. The van der Waals surface area contributed by atoms with Gasteiger partial charge in [-0.15, -0.1) is 0 Å². The highest BCUT2D eigenvalue weighted by Gasteiger charge is 2.22. The molecule has 0 radical (unpaired) electrons. The van der Waals surface area contributed by atoms with Crippen LogP contribution in [0.3, 0.4) is 0 Å². The molecule has 0 rings (SSSR count). The summed E-state index contributed by atoms with van der Waals surface area (Å²) in [6.45, 7) is 5.20. The molecule has 0 aliphatic heterocycles. The zero-order valence-corrected chi connectivity index (χ0v) is 9.83. The molecule has 0 aromatic carbocycles. The highest BCUT2D eigenvalue weighted by atomic mass is 32.2. The lowest BCUT2D eigenvalue weighted by Gasteiger charge is -2.25. The summed E-state index contributed by atoms with van der Waals surface area (Å²) in [5.74, 6) is -0.784. The first-order valence-corrected chi connectivity index (χ1v) is 6.27. The monoisotopic (exact) mass is 235 g/mol. The maximum Gasteiger partial charge on any atom is 0.266 e. The fourth-order valence-corrected chi connectivity index (χ4v) is 2.17. The lowest BCUT2D eigenvalue weighted by atomic mass is 10.1. The van der Waals surface area contributed by atoms with E-state index in [4.69, 9.17) is 4.55 Å². The second kappa shape index (κ2) is 5.87. The average molecular weight is 235 g/mol. The Morgan fingerprint density at radius 1 is 1.60 bits per heavy atom. The Balaban J connectivity index is 4.65. The number of hydrogen-bond donors (Lipinski definition) is 1. The van der Waals surface area contributed by atoms with Crippen molar-refractivity contribution in [3.8, 4) is 0 Å². The first kappa shape index (κ1) is 14.1. The Kier molecular flexibility index (Phi) is 5.53. The van der Waals surface area contributed by atoms with Crippen LogP contribution in [0.1, 0.15) is 19.8 Å². The summed E-state index contributed by atoms with van der Waals surface area (Å²) in [5.41, 5.74) is 0. The standard InChI is InChI=1S/C9H17NO4S/c1-4-6-8(7-15(12,13)14)10(3)9(11)5-2/h5,8H,2,4,6-7H2,1,3H3,(H,12,13,14). The van der Waals surface area contributed by atoms with Gasteiger partial charge >= 0.3 is 0 Å². The van der Waals surface area contributed by atoms with Crippen molar-refractivity contribution < 1.29 is 17.8 Å². The van der Waals surface area contributed by atoms with Crippen molar-refractivity contribution in [3.05, 3.63) is 12.7 Å². The fourth-order valence-electron chi connectivity index (χ4n) is 1.29. The second-order valence-corrected chi connectivity index (χ2v) is 4.84. The molecule has 0 heterocycles. The van der Waals surface area contributed by atoms with Gasteiger partial charge in [0.15, 0.2) is 0 Å². The van der Waals surface area contributed by atoms with E-state index in [1.807, 2.05) is 6.92 Å². The van der Waals surface area contributed by atoms with E-state index in [1.165, 1.54) is 11.9 Å². The third kappa shape index (κ3) is 5.54. The maximum absolute atomic E-state index is 11.2. The molecule has 0 bridgehead atoms. The van der Waals surface area contributed by atoms with Gasteiger partial charge in [0.05, 0.1) is 5.75 Å². The van der Waals surface area contributed by atoms with E-state index in [0.717, 1.165) is 12.5 Å². The first-order chi connectivity index (χ1) is 6.81. The Morgan fingerprint density at radius 3 is 2.47 bits per heavy atom. The fraction of sp³-hybridized carbons (Fsp3) is 0.667. The van der Waals surface area contributed by atoms with Gasteiger partial charge < -0.3 is 4.90 Å². The minimum Gasteiger partial charge on any atom is -0.338 e. The third-order valence-electron chi connectivity index (χ3n) is 2.09. The Morgan fingerprint density at radius 2 is 2.13 bits per heavy atom. The molecule has 6 heteroatoms. The van der Waals surface area contributed by atoms with Crippen LogP contribution < -0.4 is 0 Å². The van der Waals surface area contributed by atoms with Crippen LogP contribution in [0, 0.1) is 0 Å². The number of likely N-dealkylation sites (N-methyl/N-ethyl adjacent to an activating group) is 1. The molecular formula is C9H17NO4S. The summed E-state index contributed by atoms with van der Waals surface area (Å²) in [6.07, 6.45) is 2.37. The van der Waals surface area contributed by atoms with Crippen LogP contribution in [0.4, 0.5) is 0 Å². The molecule has 15 heavy (non-hydrogen) atoms. The molecule has 0 aliphatic rings. The largest absolute Gasteiger partial charge is 0.338 e. The lowest BCUT2D eigenvalue weighted by Crippen LogP contribution is -2.40. The molecule has 0 fully saturated rings. The van der Waals surface area contributed by atoms with E-state index < -0.39 is 21.9 Å². The summed E-state index contributed by atoms with van der Waals surface area (Å²) in [5, 5.41) is 0. The summed E-state index contributed by atoms with van der Waals surface area (Å²) in [6, 6.07) is -0.504. The molecule has 88 valence electrons. The van der Waals surface area contributed by atoms with Crippen molar-refractivity contribution in [2.24, 2.45) is 0 Å². The molecular weight excluding hydrogens is 218 g/mol. The highest BCUT2D eigenvalue weighted by Crippen LogP contribution is 2.08. The molecule has 0 saturated carbocycles. The van der Waals surface area contributed by atoms with Crippen LogP contribution >= 0.6 is 0 Å². The van der Waals surface area contributed by atoms with Crippen LogP contribution in [-0.4, -0.2) is 42.6 Å². The molecule has 0 aliphatic carbocycles. The number of nitrogens with zero attached hydrogens (tertiary/aromatic N) is 1. The summed E-state index contributed by atoms with van der Waals surface area (Å²) in [4.78, 5) is 12.5. The van der Waals surface area contributed by atoms with Crippen LogP contribution in [0.2, 0.25) is 0 Å². The number of carbonyl (C=O) groups excluding carboxylic acids is 1. The van der Waals surface area contributed by atoms with Crippen molar-refractivity contribution in [2.45, 2.75) is 25.8 Å². The quantitative estimate of drug-likeness (QED) is 0.543. The predicted octanol–water partition coefficient (Wildman–Crippen LogP) is 0.687. The molecule has 0 saturated heterocycles. The van der Waals surface area contributed by atoms with Crippen molar-refractivity contribution in [3.63, 3.8) is 0 Å². The van der Waals surface area contributed by atoms with Gasteiger partial charge in [-0.25, -0.2) is 0 Å². The van der Waals surface area contributed by atoms with E-state index in [2.05, 4.69) is 6.58 Å². The van der Waals surface area contributed by atoms with Gasteiger partial charge in [-0.3, -0.25) is 9.35 Å². The molecule has 1 amide bonds. The van der Waals surface area contributed by atoms with Gasteiger partial charge in [-0.05, 0) is 12.5 Å². The molecule has 1 atom stereocenters. The van der Waals surface area contributed by atoms with E-state index in [-0.39, 0.29) is 5.91 Å². The maximum atomic E-state index is 11.2. The Labute approximate surface area is 90.5 Å². The van der Waals surface area contributed by atoms with Crippen LogP contribution in [0.25, 0.3) is 0 Å². The SMILES string of the molecule is C=CC(=O)N(C)C(CCC)CS(=O)(=O)O. The van der Waals surface area contributed by atoms with Crippen molar-refractivity contribution in [1.82, 2.24) is 4.90 Å². The van der Waals surface area contributed by atoms with Crippen molar-refractivity contribution >= 4 is 16.0 Å². The van der Waals surface area contributed by atoms with Crippen LogP contribution in [0.15, 0.2) is 12.7 Å². The minimum absolute atomic E-state index is 0.350. The lowest BCUT2D eigenvalue weighted by molar-refractivity contribution is -0.126. The molecule has 1 N–H and O–H groups in total. The molecule has 1 unspecified atom stereocenters. The Hall–Kier alpha value is -0.880. The number of amides is 1. The normalized spacial score (nSPS) is 13.3.